The number of aliphatic carboxylic acids is 1. The van der Waals surface area contributed by atoms with E-state index < -0.39 is 24.6 Å². The van der Waals surface area contributed by atoms with Gasteiger partial charge in [0.15, 0.2) is 0 Å². The average Bonchev–Trinajstić information content (AvgIpc) is 2.60. The lowest BCUT2D eigenvalue weighted by Crippen LogP contribution is -2.47. The van der Waals surface area contributed by atoms with Gasteiger partial charge in [-0.2, -0.15) is 8.78 Å². The number of carboxylic acids is 1. The minimum Gasteiger partial charge on any atom is -0.478 e. The minimum absolute atomic E-state index is 0.0939. The lowest BCUT2D eigenvalue weighted by Gasteiger charge is -2.33. The van der Waals surface area contributed by atoms with E-state index in [0.29, 0.717) is 5.69 Å². The SMILES string of the molecule is O=C(O)[C@H]1CN(C(=O)c2ccccc2OC(F)F)c2ccccc2O1. The first kappa shape index (κ1) is 16.7. The van der Waals surface area contributed by atoms with Gasteiger partial charge >= 0.3 is 12.6 Å². The van der Waals surface area contributed by atoms with Gasteiger partial charge in [0, 0.05) is 0 Å². The van der Waals surface area contributed by atoms with Crippen LogP contribution >= 0.6 is 0 Å². The van der Waals surface area contributed by atoms with Crippen molar-refractivity contribution in [3.63, 3.8) is 0 Å². The summed E-state index contributed by atoms with van der Waals surface area (Å²) in [6.07, 6.45) is -1.26. The molecule has 0 saturated carbocycles. The van der Waals surface area contributed by atoms with Crippen LogP contribution in [0.1, 0.15) is 10.4 Å². The normalized spacial score (nSPS) is 16.1. The summed E-state index contributed by atoms with van der Waals surface area (Å²) in [5, 5.41) is 9.22. The van der Waals surface area contributed by atoms with Crippen molar-refractivity contribution in [1.82, 2.24) is 0 Å². The molecule has 25 heavy (non-hydrogen) atoms. The highest BCUT2D eigenvalue weighted by Gasteiger charge is 2.35. The van der Waals surface area contributed by atoms with Gasteiger partial charge in [0.25, 0.3) is 5.91 Å². The first-order valence-corrected chi connectivity index (χ1v) is 7.31. The second-order valence-corrected chi connectivity index (χ2v) is 5.20. The second kappa shape index (κ2) is 6.76. The van der Waals surface area contributed by atoms with Crippen LogP contribution in [0.15, 0.2) is 48.5 Å². The van der Waals surface area contributed by atoms with Crippen molar-refractivity contribution in [1.29, 1.82) is 0 Å². The number of fused-ring (bicyclic) bond motifs is 1. The number of alkyl halides is 2. The first-order chi connectivity index (χ1) is 12.0. The second-order valence-electron chi connectivity index (χ2n) is 5.20. The Kier molecular flexibility index (Phi) is 4.51. The third kappa shape index (κ3) is 3.37. The van der Waals surface area contributed by atoms with E-state index in [-0.39, 0.29) is 23.6 Å². The standard InChI is InChI=1S/C17H13F2NO5/c18-17(19)25-12-7-3-1-5-10(12)15(21)20-9-14(16(22)23)24-13-8-4-2-6-11(13)20/h1-8,14,17H,9H2,(H,22,23)/t14-/m1/s1. The highest BCUT2D eigenvalue weighted by molar-refractivity contribution is 6.09. The Balaban J connectivity index is 2.00. The quantitative estimate of drug-likeness (QED) is 0.919. The molecule has 1 atom stereocenters. The molecule has 0 unspecified atom stereocenters. The molecule has 3 rings (SSSR count). The number of carbonyl (C=O) groups excluding carboxylic acids is 1. The maximum absolute atomic E-state index is 12.9. The van der Waals surface area contributed by atoms with Gasteiger partial charge in [-0.3, -0.25) is 4.79 Å². The van der Waals surface area contributed by atoms with Crippen LogP contribution in [0.5, 0.6) is 11.5 Å². The van der Waals surface area contributed by atoms with Crippen LogP contribution < -0.4 is 14.4 Å². The summed E-state index contributed by atoms with van der Waals surface area (Å²) in [5.74, 6) is -1.94. The van der Waals surface area contributed by atoms with Gasteiger partial charge < -0.3 is 19.5 Å². The molecule has 6 nitrogen and oxygen atoms in total. The summed E-state index contributed by atoms with van der Waals surface area (Å²) in [4.78, 5) is 25.4. The van der Waals surface area contributed by atoms with Gasteiger partial charge in [-0.05, 0) is 24.3 Å². The zero-order valence-corrected chi connectivity index (χ0v) is 12.8. The summed E-state index contributed by atoms with van der Waals surface area (Å²) in [7, 11) is 0. The van der Waals surface area contributed by atoms with Gasteiger partial charge in [-0.1, -0.05) is 24.3 Å². The zero-order chi connectivity index (χ0) is 18.0. The summed E-state index contributed by atoms with van der Waals surface area (Å²) in [6, 6.07) is 12.0. The van der Waals surface area contributed by atoms with Crippen LogP contribution in [-0.2, 0) is 4.79 Å². The van der Waals surface area contributed by atoms with Gasteiger partial charge in [-0.15, -0.1) is 0 Å². The van der Waals surface area contributed by atoms with Crippen molar-refractivity contribution in [3.05, 3.63) is 54.1 Å². The number of halogens is 2. The number of para-hydroxylation sites is 3. The molecule has 0 bridgehead atoms. The molecule has 2 aromatic carbocycles. The molecule has 1 N–H and O–H groups in total. The first-order valence-electron chi connectivity index (χ1n) is 7.31. The molecule has 0 aromatic heterocycles. The molecular formula is C17H13F2NO5. The van der Waals surface area contributed by atoms with Gasteiger partial charge in [0.1, 0.15) is 11.5 Å². The topological polar surface area (TPSA) is 76.1 Å². The Morgan fingerprint density at radius 2 is 1.84 bits per heavy atom. The van der Waals surface area contributed by atoms with Crippen molar-refractivity contribution >= 4 is 17.6 Å². The van der Waals surface area contributed by atoms with Crippen LogP contribution in [0.25, 0.3) is 0 Å². The highest BCUT2D eigenvalue weighted by Crippen LogP contribution is 2.35. The van der Waals surface area contributed by atoms with Crippen molar-refractivity contribution in [2.24, 2.45) is 0 Å². The molecule has 0 aliphatic carbocycles. The van der Waals surface area contributed by atoms with E-state index >= 15 is 0 Å². The lowest BCUT2D eigenvalue weighted by molar-refractivity contribution is -0.144. The van der Waals surface area contributed by atoms with E-state index in [1.54, 1.807) is 18.2 Å². The average molecular weight is 349 g/mol. The number of nitrogens with zero attached hydrogens (tertiary/aromatic N) is 1. The maximum atomic E-state index is 12.9. The fraction of sp³-hybridized carbons (Fsp3) is 0.176. The maximum Gasteiger partial charge on any atom is 0.387 e. The molecule has 0 saturated heterocycles. The third-order valence-corrected chi connectivity index (χ3v) is 3.63. The Labute approximate surface area is 141 Å². The minimum atomic E-state index is -3.09. The van der Waals surface area contributed by atoms with E-state index in [4.69, 9.17) is 4.74 Å². The van der Waals surface area contributed by atoms with Crippen molar-refractivity contribution in [3.8, 4) is 11.5 Å². The summed E-state index contributed by atoms with van der Waals surface area (Å²) in [5.41, 5.74) is 0.264. The lowest BCUT2D eigenvalue weighted by atomic mass is 10.1. The smallest absolute Gasteiger partial charge is 0.387 e. The van der Waals surface area contributed by atoms with E-state index in [1.807, 2.05) is 0 Å². The van der Waals surface area contributed by atoms with E-state index in [9.17, 15) is 23.5 Å². The Hall–Kier alpha value is -3.16. The van der Waals surface area contributed by atoms with E-state index in [1.165, 1.54) is 35.2 Å². The number of carbonyl (C=O) groups is 2. The number of anilines is 1. The molecule has 0 radical (unpaired) electrons. The molecule has 8 heteroatoms. The monoisotopic (exact) mass is 349 g/mol. The van der Waals surface area contributed by atoms with Crippen molar-refractivity contribution in [2.45, 2.75) is 12.7 Å². The van der Waals surface area contributed by atoms with Gasteiger partial charge in [0.2, 0.25) is 6.10 Å². The number of ether oxygens (including phenoxy) is 2. The molecule has 2 aromatic rings. The molecule has 0 spiro atoms. The molecule has 0 fully saturated rings. The number of amides is 1. The molecule has 1 amide bonds. The van der Waals surface area contributed by atoms with Crippen LogP contribution in [0, 0.1) is 0 Å². The van der Waals surface area contributed by atoms with Crippen LogP contribution in [0.4, 0.5) is 14.5 Å². The largest absolute Gasteiger partial charge is 0.478 e. The van der Waals surface area contributed by atoms with Crippen LogP contribution in [0.3, 0.4) is 0 Å². The third-order valence-electron chi connectivity index (χ3n) is 3.63. The predicted molar refractivity (Wildman–Crippen MR) is 83.2 cm³/mol. The zero-order valence-electron chi connectivity index (χ0n) is 12.8. The summed E-state index contributed by atoms with van der Waals surface area (Å²) in [6.45, 7) is -3.34. The number of hydrogen-bond donors (Lipinski definition) is 1. The summed E-state index contributed by atoms with van der Waals surface area (Å²) < 4.78 is 34.9. The number of rotatable bonds is 4. The predicted octanol–water partition coefficient (Wildman–Crippen LogP) is 2.78. The molecule has 130 valence electrons. The number of carboxylic acid groups (broad SMARTS) is 1. The van der Waals surface area contributed by atoms with Crippen molar-refractivity contribution < 1.29 is 33.0 Å². The molecule has 1 aliphatic heterocycles. The fourth-order valence-corrected chi connectivity index (χ4v) is 2.54. The molecule has 1 heterocycles. The van der Waals surface area contributed by atoms with Crippen LogP contribution in [-0.4, -0.2) is 36.2 Å². The van der Waals surface area contributed by atoms with Gasteiger partial charge in [0.05, 0.1) is 17.8 Å². The number of benzene rings is 2. The highest BCUT2D eigenvalue weighted by atomic mass is 19.3. The van der Waals surface area contributed by atoms with Crippen molar-refractivity contribution in [2.75, 3.05) is 11.4 Å². The van der Waals surface area contributed by atoms with E-state index in [2.05, 4.69) is 4.74 Å². The van der Waals surface area contributed by atoms with Gasteiger partial charge in [-0.25, -0.2) is 4.79 Å². The van der Waals surface area contributed by atoms with E-state index in [0.717, 1.165) is 0 Å². The summed E-state index contributed by atoms with van der Waals surface area (Å²) >= 11 is 0. The fourth-order valence-electron chi connectivity index (χ4n) is 2.54. The number of hydrogen-bond acceptors (Lipinski definition) is 4. The Bertz CT molecular complexity index is 811. The molecular weight excluding hydrogens is 336 g/mol. The Morgan fingerprint density at radius 1 is 1.16 bits per heavy atom. The van der Waals surface area contributed by atoms with Crippen LogP contribution in [0.2, 0.25) is 0 Å². The Morgan fingerprint density at radius 3 is 2.56 bits per heavy atom. The molecule has 1 aliphatic rings.